The molecule has 0 fully saturated rings. The molecule has 0 aliphatic heterocycles. The highest BCUT2D eigenvalue weighted by atomic mass is 16.3. The highest BCUT2D eigenvalue weighted by molar-refractivity contribution is 5.95. The van der Waals surface area contributed by atoms with E-state index in [9.17, 15) is 9.90 Å². The molecule has 0 saturated heterocycles. The van der Waals surface area contributed by atoms with Crippen LogP contribution in [0.4, 0.5) is 0 Å². The van der Waals surface area contributed by atoms with Gasteiger partial charge < -0.3 is 5.11 Å². The fraction of sp³-hybridized carbons (Fsp3) is 0.0870. The highest BCUT2D eigenvalue weighted by Crippen LogP contribution is 2.33. The monoisotopic (exact) mass is 328 g/mol. The van der Waals surface area contributed by atoms with E-state index in [0.717, 1.165) is 28.5 Å². The van der Waals surface area contributed by atoms with Gasteiger partial charge in [0.05, 0.1) is 0 Å². The molecule has 0 aromatic heterocycles. The first-order valence-corrected chi connectivity index (χ1v) is 8.21. The van der Waals surface area contributed by atoms with Crippen LogP contribution in [0.1, 0.15) is 32.6 Å². The molecule has 0 bridgehead atoms. The first-order chi connectivity index (χ1) is 12.1. The quantitative estimate of drug-likeness (QED) is 0.496. The second-order valence-electron chi connectivity index (χ2n) is 6.19. The average Bonchev–Trinajstić information content (AvgIpc) is 2.61. The van der Waals surface area contributed by atoms with Crippen LogP contribution in [0.5, 0.6) is 5.75 Å². The number of aromatic hydroxyl groups is 1. The number of aryl methyl sites for hydroxylation is 2. The SMILES string of the molecule is Cc1ccc(/C=C/c2cc(C)cc(-c3ccccc3O)c2C=O)cc1. The van der Waals surface area contributed by atoms with E-state index in [2.05, 4.69) is 19.1 Å². The van der Waals surface area contributed by atoms with Crippen LogP contribution in [0.15, 0.2) is 60.7 Å². The van der Waals surface area contributed by atoms with E-state index < -0.39 is 0 Å². The Bertz CT molecular complexity index is 935. The molecular weight excluding hydrogens is 308 g/mol. The number of rotatable bonds is 4. The van der Waals surface area contributed by atoms with E-state index in [1.807, 2.05) is 55.5 Å². The minimum Gasteiger partial charge on any atom is -0.507 e. The third-order valence-corrected chi connectivity index (χ3v) is 4.20. The summed E-state index contributed by atoms with van der Waals surface area (Å²) in [6, 6.07) is 19.2. The molecule has 25 heavy (non-hydrogen) atoms. The van der Waals surface area contributed by atoms with E-state index in [4.69, 9.17) is 0 Å². The van der Waals surface area contributed by atoms with E-state index in [-0.39, 0.29) is 5.75 Å². The number of hydrogen-bond acceptors (Lipinski definition) is 2. The molecule has 0 aliphatic carbocycles. The van der Waals surface area contributed by atoms with Crippen LogP contribution in [0.25, 0.3) is 23.3 Å². The van der Waals surface area contributed by atoms with Crippen LogP contribution in [0.2, 0.25) is 0 Å². The topological polar surface area (TPSA) is 37.3 Å². The first-order valence-electron chi connectivity index (χ1n) is 8.21. The summed E-state index contributed by atoms with van der Waals surface area (Å²) in [5, 5.41) is 10.2. The number of carbonyl (C=O) groups is 1. The molecule has 3 aromatic carbocycles. The second kappa shape index (κ2) is 7.18. The van der Waals surface area contributed by atoms with Crippen molar-refractivity contribution in [1.29, 1.82) is 0 Å². The second-order valence-corrected chi connectivity index (χ2v) is 6.19. The number of para-hydroxylation sites is 1. The molecule has 1 N–H and O–H groups in total. The number of benzene rings is 3. The summed E-state index contributed by atoms with van der Waals surface area (Å²) in [7, 11) is 0. The molecule has 0 unspecified atom stereocenters. The van der Waals surface area contributed by atoms with Crippen molar-refractivity contribution < 1.29 is 9.90 Å². The van der Waals surface area contributed by atoms with Gasteiger partial charge in [-0.1, -0.05) is 72.3 Å². The summed E-state index contributed by atoms with van der Waals surface area (Å²) >= 11 is 0. The van der Waals surface area contributed by atoms with Gasteiger partial charge in [0.25, 0.3) is 0 Å². The lowest BCUT2D eigenvalue weighted by Crippen LogP contribution is -1.94. The molecule has 3 rings (SSSR count). The lowest BCUT2D eigenvalue weighted by atomic mass is 9.93. The third-order valence-electron chi connectivity index (χ3n) is 4.20. The van der Waals surface area contributed by atoms with Crippen molar-refractivity contribution in [2.75, 3.05) is 0 Å². The third kappa shape index (κ3) is 3.69. The number of carbonyl (C=O) groups excluding carboxylic acids is 1. The molecule has 0 radical (unpaired) electrons. The van der Waals surface area contributed by atoms with Crippen molar-refractivity contribution in [3.63, 3.8) is 0 Å². The smallest absolute Gasteiger partial charge is 0.151 e. The van der Waals surface area contributed by atoms with E-state index in [0.29, 0.717) is 11.1 Å². The van der Waals surface area contributed by atoms with Gasteiger partial charge in [-0.05, 0) is 42.2 Å². The van der Waals surface area contributed by atoms with E-state index >= 15 is 0 Å². The molecular formula is C23H20O2. The Morgan fingerprint density at radius 2 is 1.52 bits per heavy atom. The van der Waals surface area contributed by atoms with Crippen LogP contribution in [0, 0.1) is 13.8 Å². The lowest BCUT2D eigenvalue weighted by molar-refractivity contribution is 0.112. The Kier molecular flexibility index (Phi) is 4.80. The Morgan fingerprint density at radius 3 is 2.20 bits per heavy atom. The molecule has 0 spiro atoms. The number of aldehydes is 1. The summed E-state index contributed by atoms with van der Waals surface area (Å²) in [5.41, 5.74) is 6.16. The molecule has 2 heteroatoms. The van der Waals surface area contributed by atoms with Crippen LogP contribution >= 0.6 is 0 Å². The van der Waals surface area contributed by atoms with Crippen molar-refractivity contribution >= 4 is 18.4 Å². The van der Waals surface area contributed by atoms with Crippen molar-refractivity contribution in [1.82, 2.24) is 0 Å². The average molecular weight is 328 g/mol. The molecule has 0 atom stereocenters. The minimum atomic E-state index is 0.171. The molecule has 0 saturated carbocycles. The molecule has 124 valence electrons. The van der Waals surface area contributed by atoms with E-state index in [1.165, 1.54) is 5.56 Å². The zero-order valence-electron chi connectivity index (χ0n) is 14.4. The summed E-state index contributed by atoms with van der Waals surface area (Å²) in [6.45, 7) is 4.04. The van der Waals surface area contributed by atoms with Gasteiger partial charge in [-0.2, -0.15) is 0 Å². The Labute approximate surface area is 148 Å². The number of phenolic OH excluding ortho intramolecular Hbond substituents is 1. The summed E-state index contributed by atoms with van der Waals surface area (Å²) in [4.78, 5) is 11.8. The zero-order chi connectivity index (χ0) is 17.8. The predicted molar refractivity (Wildman–Crippen MR) is 104 cm³/mol. The summed E-state index contributed by atoms with van der Waals surface area (Å²) in [5.74, 6) is 0.171. The summed E-state index contributed by atoms with van der Waals surface area (Å²) < 4.78 is 0. The number of hydrogen-bond donors (Lipinski definition) is 1. The van der Waals surface area contributed by atoms with Gasteiger partial charge >= 0.3 is 0 Å². The highest BCUT2D eigenvalue weighted by Gasteiger charge is 2.12. The van der Waals surface area contributed by atoms with Gasteiger partial charge in [-0.3, -0.25) is 4.79 Å². The maximum absolute atomic E-state index is 11.8. The number of phenols is 1. The van der Waals surface area contributed by atoms with Crippen LogP contribution in [-0.4, -0.2) is 11.4 Å². The van der Waals surface area contributed by atoms with Gasteiger partial charge in [-0.15, -0.1) is 0 Å². The molecule has 2 nitrogen and oxygen atoms in total. The van der Waals surface area contributed by atoms with Gasteiger partial charge in [0.15, 0.2) is 6.29 Å². The van der Waals surface area contributed by atoms with Gasteiger partial charge in [0, 0.05) is 11.1 Å². The largest absolute Gasteiger partial charge is 0.507 e. The van der Waals surface area contributed by atoms with E-state index in [1.54, 1.807) is 12.1 Å². The summed E-state index contributed by atoms with van der Waals surface area (Å²) in [6.07, 6.45) is 4.80. The van der Waals surface area contributed by atoms with Crippen molar-refractivity contribution in [3.8, 4) is 16.9 Å². The van der Waals surface area contributed by atoms with Crippen LogP contribution in [-0.2, 0) is 0 Å². The first kappa shape index (κ1) is 16.7. The predicted octanol–water partition coefficient (Wildman–Crippen LogP) is 5.66. The molecule has 3 aromatic rings. The zero-order valence-corrected chi connectivity index (χ0v) is 14.4. The van der Waals surface area contributed by atoms with Crippen molar-refractivity contribution in [2.24, 2.45) is 0 Å². The maximum atomic E-state index is 11.8. The minimum absolute atomic E-state index is 0.171. The van der Waals surface area contributed by atoms with Gasteiger partial charge in [0.2, 0.25) is 0 Å². The Hall–Kier alpha value is -3.13. The fourth-order valence-corrected chi connectivity index (χ4v) is 2.88. The fourth-order valence-electron chi connectivity index (χ4n) is 2.88. The molecule has 0 amide bonds. The van der Waals surface area contributed by atoms with Crippen molar-refractivity contribution in [3.05, 3.63) is 88.5 Å². The molecule has 0 aliphatic rings. The normalized spacial score (nSPS) is 11.0. The molecule has 0 heterocycles. The van der Waals surface area contributed by atoms with Crippen LogP contribution < -0.4 is 0 Å². The Morgan fingerprint density at radius 1 is 0.800 bits per heavy atom. The van der Waals surface area contributed by atoms with Gasteiger partial charge in [0.1, 0.15) is 5.75 Å². The van der Waals surface area contributed by atoms with Crippen molar-refractivity contribution in [2.45, 2.75) is 13.8 Å². The van der Waals surface area contributed by atoms with Gasteiger partial charge in [-0.25, -0.2) is 0 Å². The lowest BCUT2D eigenvalue weighted by Gasteiger charge is -2.12. The van der Waals surface area contributed by atoms with Crippen LogP contribution in [0.3, 0.4) is 0 Å². The maximum Gasteiger partial charge on any atom is 0.151 e. The Balaban J connectivity index is 2.10. The standard InChI is InChI=1S/C23H20O2/c1-16-7-9-18(10-8-16)11-12-19-13-17(2)14-21(22(19)15-24)20-5-3-4-6-23(20)25/h3-15,25H,1-2H3/b12-11+.